The summed E-state index contributed by atoms with van der Waals surface area (Å²) in [7, 11) is 0. The summed E-state index contributed by atoms with van der Waals surface area (Å²) in [5.41, 5.74) is 13.7. The molecule has 340 valence electrons. The molecule has 8 bridgehead atoms. The summed E-state index contributed by atoms with van der Waals surface area (Å²) in [4.78, 5) is 0. The number of nitrogens with zero attached hydrogens (tertiary/aromatic N) is 4. The number of rotatable bonds is 4. The molecule has 4 nitrogen and oxygen atoms in total. The molecule has 73 heavy (non-hydrogen) atoms. The van der Waals surface area contributed by atoms with Gasteiger partial charge >= 0.3 is 0 Å². The van der Waals surface area contributed by atoms with Crippen molar-refractivity contribution in [2.24, 2.45) is 0 Å². The number of thiophene rings is 1. The monoisotopic (exact) mass is 946 g/mol. The van der Waals surface area contributed by atoms with Crippen LogP contribution in [0.25, 0.3) is 141 Å². The second-order valence-corrected chi connectivity index (χ2v) is 20.4. The predicted molar refractivity (Wildman–Crippen MR) is 312 cm³/mol. The van der Waals surface area contributed by atoms with Crippen LogP contribution in [0.2, 0.25) is 0 Å². The van der Waals surface area contributed by atoms with Gasteiger partial charge in [-0.1, -0.05) is 152 Å². The van der Waals surface area contributed by atoms with E-state index in [1.54, 1.807) is 0 Å². The second kappa shape index (κ2) is 15.5. The van der Waals surface area contributed by atoms with Crippen molar-refractivity contribution in [2.45, 2.75) is 0 Å². The fourth-order valence-corrected chi connectivity index (χ4v) is 13.3. The molecule has 4 heterocycles. The highest BCUT2D eigenvalue weighted by Crippen LogP contribution is 2.43. The molecule has 0 aliphatic carbocycles. The van der Waals surface area contributed by atoms with Gasteiger partial charge in [-0.05, 0) is 125 Å². The second-order valence-electron chi connectivity index (χ2n) is 19.3. The van der Waals surface area contributed by atoms with Crippen molar-refractivity contribution in [3.63, 3.8) is 0 Å². The Morgan fingerprint density at radius 3 is 1.32 bits per heavy atom. The number of hydrogen-bond acceptors (Lipinski definition) is 1. The SMILES string of the molecule is c1ccc2c(-n3c4ccccc4c4c(-n5c6cccc(c6)c6cccc(c6)n(-c6cccc7c8ccccc8n(-c8cccc9ccccc89)c67)c6ccc7sc8ccc5cc8c7c6)cccc43)cccc2c1. The molecule has 16 rings (SSSR count). The van der Waals surface area contributed by atoms with E-state index >= 15 is 0 Å². The van der Waals surface area contributed by atoms with Crippen molar-refractivity contribution >= 4 is 130 Å². The van der Waals surface area contributed by atoms with E-state index in [2.05, 4.69) is 273 Å². The summed E-state index contributed by atoms with van der Waals surface area (Å²) in [5, 5.41) is 14.5. The van der Waals surface area contributed by atoms with Gasteiger partial charge in [-0.15, -0.1) is 11.3 Å². The normalized spacial score (nSPS) is 12.1. The molecule has 12 aromatic carbocycles. The number of hydrogen-bond donors (Lipinski definition) is 0. The van der Waals surface area contributed by atoms with E-state index in [1.165, 1.54) is 85.5 Å². The quantitative estimate of drug-likeness (QED) is 0.168. The topological polar surface area (TPSA) is 19.7 Å². The van der Waals surface area contributed by atoms with Gasteiger partial charge < -0.3 is 18.3 Å². The van der Waals surface area contributed by atoms with E-state index in [9.17, 15) is 0 Å². The summed E-state index contributed by atoms with van der Waals surface area (Å²) < 4.78 is 12.5. The third-order valence-corrected chi connectivity index (χ3v) is 16.5. The molecule has 0 aliphatic rings. The molecule has 0 N–H and O–H groups in total. The minimum Gasteiger partial charge on any atom is -0.310 e. The Labute approximate surface area is 423 Å². The van der Waals surface area contributed by atoms with Gasteiger partial charge in [0.25, 0.3) is 0 Å². The molecule has 0 saturated heterocycles. The van der Waals surface area contributed by atoms with Gasteiger partial charge in [-0.3, -0.25) is 0 Å². The van der Waals surface area contributed by atoms with Gasteiger partial charge in [-0.2, -0.15) is 0 Å². The smallest absolute Gasteiger partial charge is 0.0782 e. The Morgan fingerprint density at radius 2 is 0.658 bits per heavy atom. The van der Waals surface area contributed by atoms with E-state index in [4.69, 9.17) is 0 Å². The van der Waals surface area contributed by atoms with Crippen molar-refractivity contribution < 1.29 is 0 Å². The maximum atomic E-state index is 2.50. The molecule has 0 atom stereocenters. The minimum atomic E-state index is 1.09. The molecule has 0 spiro atoms. The lowest BCUT2D eigenvalue weighted by atomic mass is 10.1. The van der Waals surface area contributed by atoms with Gasteiger partial charge in [0.1, 0.15) is 0 Å². The van der Waals surface area contributed by atoms with Gasteiger partial charge in [0, 0.05) is 74.6 Å². The van der Waals surface area contributed by atoms with E-state index < -0.39 is 0 Å². The molecular formula is C68H42N4S. The average molecular weight is 947 g/mol. The lowest BCUT2D eigenvalue weighted by molar-refractivity contribution is 1.13. The first kappa shape index (κ1) is 40.3. The number of fused-ring (bicyclic) bond motifs is 15. The summed E-state index contributed by atoms with van der Waals surface area (Å²) in [6.07, 6.45) is 0. The molecular weight excluding hydrogens is 905 g/mol. The van der Waals surface area contributed by atoms with Crippen LogP contribution in [0.5, 0.6) is 0 Å². The summed E-state index contributed by atoms with van der Waals surface area (Å²) in [5.74, 6) is 0. The number of benzene rings is 12. The maximum absolute atomic E-state index is 2.50. The molecule has 0 saturated carbocycles. The van der Waals surface area contributed by atoms with Gasteiger partial charge in [-0.25, -0.2) is 0 Å². The lowest BCUT2D eigenvalue weighted by Gasteiger charge is -2.17. The standard InChI is InChI=1S/C68H42N4S/c1-3-23-51-43(15-1)17-11-30-58(51)71-61-29-8-6-26-55(61)67-62(32-14-33-63(67)71)69-47-21-9-19-45(39-47)46-20-10-22-48(40-46)70(50-36-38-66-57(42-50)56-41-49(69)35-37-65(56)73-66)64-34-13-27-54-53-25-5-7-28-60(53)72(68(54)64)59-31-12-18-44-16-2-4-24-52(44)59/h1-42H. The third kappa shape index (κ3) is 5.94. The van der Waals surface area contributed by atoms with Crippen LogP contribution in [0, 0.1) is 0 Å². The fraction of sp³-hybridized carbons (Fsp3) is 0. The molecule has 0 aliphatic heterocycles. The van der Waals surface area contributed by atoms with Crippen LogP contribution in [0.4, 0.5) is 0 Å². The van der Waals surface area contributed by atoms with Gasteiger partial charge in [0.2, 0.25) is 0 Å². The fourth-order valence-electron chi connectivity index (χ4n) is 12.2. The largest absolute Gasteiger partial charge is 0.310 e. The zero-order valence-electron chi connectivity index (χ0n) is 39.4. The lowest BCUT2D eigenvalue weighted by Crippen LogP contribution is -2.02. The van der Waals surface area contributed by atoms with Crippen LogP contribution in [0.3, 0.4) is 0 Å². The highest BCUT2D eigenvalue weighted by Gasteiger charge is 2.21. The van der Waals surface area contributed by atoms with Crippen LogP contribution < -0.4 is 0 Å². The average Bonchev–Trinajstić information content (AvgIpc) is 4.11. The van der Waals surface area contributed by atoms with E-state index in [0.717, 1.165) is 55.4 Å². The van der Waals surface area contributed by atoms with Crippen LogP contribution in [0.1, 0.15) is 0 Å². The van der Waals surface area contributed by atoms with Crippen molar-refractivity contribution in [3.05, 3.63) is 255 Å². The highest BCUT2D eigenvalue weighted by molar-refractivity contribution is 7.25. The molecule has 4 aromatic heterocycles. The van der Waals surface area contributed by atoms with Crippen LogP contribution in [-0.4, -0.2) is 18.3 Å². The summed E-state index contributed by atoms with van der Waals surface area (Å²) >= 11 is 1.86. The zero-order valence-corrected chi connectivity index (χ0v) is 40.3. The van der Waals surface area contributed by atoms with E-state index in [0.29, 0.717) is 0 Å². The van der Waals surface area contributed by atoms with Crippen molar-refractivity contribution in [1.29, 1.82) is 0 Å². The van der Waals surface area contributed by atoms with Gasteiger partial charge in [0.15, 0.2) is 0 Å². The van der Waals surface area contributed by atoms with Crippen LogP contribution in [-0.2, 0) is 0 Å². The van der Waals surface area contributed by atoms with Gasteiger partial charge in [0.05, 0.1) is 44.8 Å². The highest BCUT2D eigenvalue weighted by atomic mass is 32.1. The minimum absolute atomic E-state index is 1.09. The molecule has 5 heteroatoms. The Balaban J connectivity index is 1.03. The number of aromatic nitrogens is 4. The van der Waals surface area contributed by atoms with E-state index in [-0.39, 0.29) is 0 Å². The molecule has 0 unspecified atom stereocenters. The summed E-state index contributed by atoms with van der Waals surface area (Å²) in [6, 6.07) is 94.7. The first-order valence-corrected chi connectivity index (χ1v) is 25.8. The molecule has 16 aromatic rings. The van der Waals surface area contributed by atoms with Crippen molar-refractivity contribution in [2.75, 3.05) is 0 Å². The van der Waals surface area contributed by atoms with Crippen LogP contribution >= 0.6 is 11.3 Å². The third-order valence-electron chi connectivity index (χ3n) is 15.3. The van der Waals surface area contributed by atoms with Crippen molar-refractivity contribution in [3.8, 4) is 22.7 Å². The molecule has 0 radical (unpaired) electrons. The Kier molecular flexibility index (Phi) is 8.58. The maximum Gasteiger partial charge on any atom is 0.0782 e. The summed E-state index contributed by atoms with van der Waals surface area (Å²) in [6.45, 7) is 0. The Bertz CT molecular complexity index is 5040. The predicted octanol–water partition coefficient (Wildman–Crippen LogP) is 18.7. The Morgan fingerprint density at radius 1 is 0.233 bits per heavy atom. The molecule has 0 fully saturated rings. The Hall–Kier alpha value is -9.42. The van der Waals surface area contributed by atoms with E-state index in [1.807, 2.05) is 11.3 Å². The molecule has 0 amide bonds. The first-order chi connectivity index (χ1) is 36.2. The number of para-hydroxylation sites is 3. The zero-order chi connectivity index (χ0) is 47.7. The van der Waals surface area contributed by atoms with Crippen molar-refractivity contribution in [1.82, 2.24) is 18.3 Å². The van der Waals surface area contributed by atoms with Crippen LogP contribution in [0.15, 0.2) is 255 Å². The first-order valence-electron chi connectivity index (χ1n) is 25.0.